The first-order valence-electron chi connectivity index (χ1n) is 13.0. The van der Waals surface area contributed by atoms with Gasteiger partial charge in [-0.1, -0.05) is 51.3 Å². The van der Waals surface area contributed by atoms with Crippen molar-refractivity contribution < 1.29 is 4.39 Å². The van der Waals surface area contributed by atoms with Gasteiger partial charge in [-0.3, -0.25) is 4.98 Å². The number of rotatable bonds is 13. The van der Waals surface area contributed by atoms with E-state index in [0.717, 1.165) is 58.8 Å². The van der Waals surface area contributed by atoms with E-state index >= 15 is 4.39 Å². The molecule has 0 aliphatic rings. The first kappa shape index (κ1) is 31.9. The summed E-state index contributed by atoms with van der Waals surface area (Å²) in [5.74, 6) is -0.393. The first-order chi connectivity index (χ1) is 19.2. The molecule has 0 fully saturated rings. The van der Waals surface area contributed by atoms with E-state index in [9.17, 15) is 0 Å². The number of unbranched alkanes of at least 4 members (excludes halogenated alkanes) is 1. The smallest absolute Gasteiger partial charge is 0.133 e. The zero-order valence-corrected chi connectivity index (χ0v) is 24.5. The zero-order valence-electron chi connectivity index (χ0n) is 23.7. The lowest BCUT2D eigenvalue weighted by atomic mass is 9.99. The molecule has 0 spiro atoms. The lowest BCUT2D eigenvalue weighted by Gasteiger charge is -2.17. The van der Waals surface area contributed by atoms with E-state index in [1.54, 1.807) is 35.9 Å². The molecular formula is C34H39FN4S. The van der Waals surface area contributed by atoms with E-state index in [0.29, 0.717) is 23.2 Å². The van der Waals surface area contributed by atoms with Crippen LogP contribution in [0.4, 0.5) is 15.8 Å². The van der Waals surface area contributed by atoms with Crippen LogP contribution in [0.15, 0.2) is 103 Å². The van der Waals surface area contributed by atoms with E-state index in [4.69, 9.17) is 5.73 Å². The van der Waals surface area contributed by atoms with Crippen molar-refractivity contribution in [2.24, 2.45) is 0 Å². The fraction of sp³-hybridized carbons (Fsp3) is 0.206. The largest absolute Gasteiger partial charge is 0.398 e. The Morgan fingerprint density at radius 1 is 1.15 bits per heavy atom. The van der Waals surface area contributed by atoms with E-state index in [2.05, 4.69) is 73.5 Å². The molecule has 0 amide bonds. The number of terminal acetylenes is 1. The topological polar surface area (TPSA) is 63.0 Å². The van der Waals surface area contributed by atoms with Gasteiger partial charge in [-0.25, -0.2) is 4.39 Å². The molecule has 2 heterocycles. The number of nitrogens with two attached hydrogens (primary N) is 1. The quantitative estimate of drug-likeness (QED) is 0.112. The maximum atomic E-state index is 15.0. The molecule has 208 valence electrons. The molecule has 0 aliphatic carbocycles. The van der Waals surface area contributed by atoms with Gasteiger partial charge in [0.25, 0.3) is 0 Å². The Balaban J connectivity index is 0.00000274. The number of pyridine rings is 1. The number of nitrogens with one attached hydrogen (secondary N) is 2. The predicted molar refractivity (Wildman–Crippen MR) is 173 cm³/mol. The van der Waals surface area contributed by atoms with Gasteiger partial charge in [0.2, 0.25) is 0 Å². The third-order valence-corrected chi connectivity index (χ3v) is 7.14. The van der Waals surface area contributed by atoms with Crippen LogP contribution in [0.2, 0.25) is 0 Å². The number of anilines is 2. The lowest BCUT2D eigenvalue weighted by Crippen LogP contribution is -2.14. The minimum atomic E-state index is -0.393. The molecule has 0 aliphatic heterocycles. The fourth-order valence-electron chi connectivity index (χ4n) is 4.10. The Bertz CT molecular complexity index is 1410. The summed E-state index contributed by atoms with van der Waals surface area (Å²) in [4.78, 5) is 5.48. The Kier molecular flexibility index (Phi) is 12.7. The van der Waals surface area contributed by atoms with Crippen LogP contribution < -0.4 is 16.4 Å². The van der Waals surface area contributed by atoms with E-state index in [-0.39, 0.29) is 0 Å². The fourth-order valence-corrected chi connectivity index (χ4v) is 4.91. The third kappa shape index (κ3) is 8.86. The molecule has 0 unspecified atom stereocenters. The van der Waals surface area contributed by atoms with Crippen LogP contribution in [0.25, 0.3) is 16.7 Å². The van der Waals surface area contributed by atoms with Crippen LogP contribution in [0.3, 0.4) is 0 Å². The number of aromatic nitrogens is 1. The predicted octanol–water partition coefficient (Wildman–Crippen LogP) is 9.11. The van der Waals surface area contributed by atoms with Crippen molar-refractivity contribution in [1.29, 1.82) is 0 Å². The summed E-state index contributed by atoms with van der Waals surface area (Å²) in [6.07, 6.45) is 18.6. The molecule has 0 radical (unpaired) electrons. The number of benzene rings is 1. The van der Waals surface area contributed by atoms with Crippen molar-refractivity contribution in [3.05, 3.63) is 119 Å². The van der Waals surface area contributed by atoms with Gasteiger partial charge in [0.05, 0.1) is 11.9 Å². The van der Waals surface area contributed by atoms with Crippen LogP contribution >= 0.6 is 11.3 Å². The maximum Gasteiger partial charge on any atom is 0.133 e. The van der Waals surface area contributed by atoms with Gasteiger partial charge < -0.3 is 16.4 Å². The summed E-state index contributed by atoms with van der Waals surface area (Å²) in [6, 6.07) is 9.15. The van der Waals surface area contributed by atoms with Crippen molar-refractivity contribution in [2.75, 3.05) is 11.1 Å². The highest BCUT2D eigenvalue weighted by Crippen LogP contribution is 2.31. The van der Waals surface area contributed by atoms with Gasteiger partial charge in [-0.05, 0) is 73.0 Å². The maximum absolute atomic E-state index is 15.0. The molecule has 3 rings (SSSR count). The normalized spacial score (nSPS) is 11.5. The number of hydrogen-bond acceptors (Lipinski definition) is 5. The number of nitrogens with zero attached hydrogens (tertiary/aromatic N) is 1. The molecule has 1 aromatic carbocycles. The summed E-state index contributed by atoms with van der Waals surface area (Å²) < 4.78 is 15.0. The highest BCUT2D eigenvalue weighted by molar-refractivity contribution is 7.11. The molecule has 0 saturated heterocycles. The van der Waals surface area contributed by atoms with Crippen molar-refractivity contribution in [3.63, 3.8) is 0 Å². The SMILES string of the molecule is C#C.C=C/C=C(\C(C)=C(/C)NC(=C)Cc1cc(-c2cncc(NC(=C)CCCC)c2)c(F)cc1N)c1cccs1. The molecular weight excluding hydrogens is 515 g/mol. The minimum absolute atomic E-state index is 0.383. The van der Waals surface area contributed by atoms with Gasteiger partial charge in [-0.2, -0.15) is 0 Å². The van der Waals surface area contributed by atoms with Crippen molar-refractivity contribution >= 4 is 28.3 Å². The second-order valence-corrected chi connectivity index (χ2v) is 10.2. The summed E-state index contributed by atoms with van der Waals surface area (Å²) in [5, 5.41) is 8.75. The number of hydrogen-bond donors (Lipinski definition) is 3. The van der Waals surface area contributed by atoms with E-state index < -0.39 is 5.82 Å². The monoisotopic (exact) mass is 554 g/mol. The number of nitrogen functional groups attached to an aromatic ring is 1. The van der Waals surface area contributed by atoms with Gasteiger partial charge in [-0.15, -0.1) is 24.2 Å². The van der Waals surface area contributed by atoms with Gasteiger partial charge in [0, 0.05) is 51.4 Å². The standard InChI is InChI=1S/C32H37FN4S.C2H2/c1-7-9-12-21(3)37-27-16-26(19-35-20-27)29-17-25(31(34)18-30(29)33)15-22(4)36-24(6)23(5)28(11-8-2)32-13-10-14-38-32;1-2/h8,10-11,13-14,16-20,36-37H,2-4,7,9,12,15,34H2,1,5-6H3;1-2H/b24-23+,28-11+;. The summed E-state index contributed by atoms with van der Waals surface area (Å²) in [6.45, 7) is 18.4. The summed E-state index contributed by atoms with van der Waals surface area (Å²) >= 11 is 1.68. The molecule has 0 saturated carbocycles. The Hall–Kier alpha value is -4.34. The van der Waals surface area contributed by atoms with Crippen LogP contribution in [-0.4, -0.2) is 4.98 Å². The Morgan fingerprint density at radius 3 is 2.55 bits per heavy atom. The summed E-state index contributed by atoms with van der Waals surface area (Å²) in [7, 11) is 0. The lowest BCUT2D eigenvalue weighted by molar-refractivity contribution is 0.631. The van der Waals surface area contributed by atoms with Crippen LogP contribution in [0, 0.1) is 18.7 Å². The van der Waals surface area contributed by atoms with Gasteiger partial charge in [0.15, 0.2) is 0 Å². The minimum Gasteiger partial charge on any atom is -0.398 e. The molecule has 0 atom stereocenters. The van der Waals surface area contributed by atoms with Crippen molar-refractivity contribution in [3.8, 4) is 24.0 Å². The van der Waals surface area contributed by atoms with Crippen molar-refractivity contribution in [1.82, 2.24) is 10.3 Å². The molecule has 4 N–H and O–H groups in total. The third-order valence-electron chi connectivity index (χ3n) is 6.24. The van der Waals surface area contributed by atoms with Gasteiger partial charge in [0.1, 0.15) is 5.82 Å². The second kappa shape index (κ2) is 15.9. The molecule has 4 nitrogen and oxygen atoms in total. The van der Waals surface area contributed by atoms with Crippen LogP contribution in [0.1, 0.15) is 50.5 Å². The van der Waals surface area contributed by atoms with Crippen molar-refractivity contribution in [2.45, 2.75) is 46.5 Å². The highest BCUT2D eigenvalue weighted by Gasteiger charge is 2.14. The Morgan fingerprint density at radius 2 is 1.90 bits per heavy atom. The van der Waals surface area contributed by atoms with E-state index in [1.807, 2.05) is 25.1 Å². The average Bonchev–Trinajstić information content (AvgIpc) is 3.47. The van der Waals surface area contributed by atoms with Crippen LogP contribution in [0.5, 0.6) is 0 Å². The second-order valence-electron chi connectivity index (χ2n) is 9.27. The number of allylic oxidation sites excluding steroid dienone is 7. The average molecular weight is 555 g/mol. The van der Waals surface area contributed by atoms with E-state index in [1.165, 1.54) is 10.9 Å². The molecule has 6 heteroatoms. The molecule has 3 aromatic rings. The molecule has 2 aromatic heterocycles. The van der Waals surface area contributed by atoms with Crippen LogP contribution in [-0.2, 0) is 6.42 Å². The Labute approximate surface area is 243 Å². The molecule has 40 heavy (non-hydrogen) atoms. The zero-order chi connectivity index (χ0) is 29.7. The van der Waals surface area contributed by atoms with Gasteiger partial charge >= 0.3 is 0 Å². The number of halogens is 1. The first-order valence-corrected chi connectivity index (χ1v) is 13.9. The highest BCUT2D eigenvalue weighted by atomic mass is 32.1. The molecule has 0 bridgehead atoms. The summed E-state index contributed by atoms with van der Waals surface area (Å²) in [5.41, 5.74) is 14.1. The number of thiophene rings is 1.